The molecule has 0 aliphatic carbocycles. The van der Waals surface area contributed by atoms with E-state index < -0.39 is 11.1 Å². The Bertz CT molecular complexity index is 696. The van der Waals surface area contributed by atoms with Gasteiger partial charge in [-0.15, -0.1) is 0 Å². The SMILES string of the molecule is CC1(C)CC(N=C(NC#N)Nc2ccc(Cl)cc2Cl)C(C)(C)N1O. The number of hydrogen-bond acceptors (Lipinski definition) is 4. The van der Waals surface area contributed by atoms with Gasteiger partial charge in [-0.3, -0.25) is 5.32 Å². The van der Waals surface area contributed by atoms with Crippen LogP contribution in [0.5, 0.6) is 0 Å². The normalized spacial score (nSPS) is 22.9. The molecule has 130 valence electrons. The van der Waals surface area contributed by atoms with Gasteiger partial charge in [0, 0.05) is 10.6 Å². The molecule has 0 spiro atoms. The van der Waals surface area contributed by atoms with Crippen molar-refractivity contribution in [3.8, 4) is 6.19 Å². The van der Waals surface area contributed by atoms with Crippen molar-refractivity contribution in [2.75, 3.05) is 5.32 Å². The fourth-order valence-electron chi connectivity index (χ4n) is 2.96. The van der Waals surface area contributed by atoms with E-state index in [0.29, 0.717) is 22.2 Å². The Labute approximate surface area is 152 Å². The number of nitriles is 1. The van der Waals surface area contributed by atoms with Crippen LogP contribution in [0.25, 0.3) is 0 Å². The quantitative estimate of drug-likeness (QED) is 0.319. The van der Waals surface area contributed by atoms with Crippen LogP contribution in [0, 0.1) is 11.5 Å². The summed E-state index contributed by atoms with van der Waals surface area (Å²) in [7, 11) is 0. The van der Waals surface area contributed by atoms with Crippen LogP contribution in [0.15, 0.2) is 23.2 Å². The highest BCUT2D eigenvalue weighted by molar-refractivity contribution is 6.36. The number of rotatable bonds is 2. The molecule has 1 unspecified atom stereocenters. The second-order valence-electron chi connectivity index (χ2n) is 6.96. The van der Waals surface area contributed by atoms with E-state index in [4.69, 9.17) is 28.5 Å². The zero-order chi connectivity index (χ0) is 18.1. The first-order valence-corrected chi connectivity index (χ1v) is 8.28. The molecule has 24 heavy (non-hydrogen) atoms. The lowest BCUT2D eigenvalue weighted by Crippen LogP contribution is -2.48. The first kappa shape index (κ1) is 18.8. The van der Waals surface area contributed by atoms with Gasteiger partial charge >= 0.3 is 0 Å². The highest BCUT2D eigenvalue weighted by Crippen LogP contribution is 2.40. The smallest absolute Gasteiger partial charge is 0.209 e. The molecule has 6 nitrogen and oxygen atoms in total. The Balaban J connectivity index is 2.30. The van der Waals surface area contributed by atoms with Gasteiger partial charge in [-0.2, -0.15) is 10.3 Å². The Morgan fingerprint density at radius 3 is 2.54 bits per heavy atom. The summed E-state index contributed by atoms with van der Waals surface area (Å²) in [5.74, 6) is 0.269. The molecule has 1 heterocycles. The first-order chi connectivity index (χ1) is 11.1. The van der Waals surface area contributed by atoms with Crippen molar-refractivity contribution in [1.29, 1.82) is 5.26 Å². The molecule has 1 fully saturated rings. The molecular weight excluding hydrogens is 349 g/mol. The van der Waals surface area contributed by atoms with Gasteiger partial charge in [-0.25, -0.2) is 4.99 Å². The average molecular weight is 370 g/mol. The fourth-order valence-corrected chi connectivity index (χ4v) is 3.41. The molecule has 0 radical (unpaired) electrons. The summed E-state index contributed by atoms with van der Waals surface area (Å²) in [5, 5.41) is 27.2. The van der Waals surface area contributed by atoms with Crippen LogP contribution in [0.1, 0.15) is 34.1 Å². The largest absolute Gasteiger partial charge is 0.324 e. The maximum Gasteiger partial charge on any atom is 0.209 e. The van der Waals surface area contributed by atoms with Crippen molar-refractivity contribution in [1.82, 2.24) is 10.4 Å². The molecule has 1 aromatic carbocycles. The van der Waals surface area contributed by atoms with Crippen LogP contribution in [0.3, 0.4) is 0 Å². The minimum absolute atomic E-state index is 0.216. The molecule has 0 bridgehead atoms. The summed E-state index contributed by atoms with van der Waals surface area (Å²) in [6, 6.07) is 4.79. The second kappa shape index (κ2) is 6.77. The van der Waals surface area contributed by atoms with Crippen LogP contribution in [-0.2, 0) is 0 Å². The van der Waals surface area contributed by atoms with Crippen molar-refractivity contribution < 1.29 is 5.21 Å². The van der Waals surface area contributed by atoms with E-state index in [2.05, 4.69) is 15.6 Å². The summed E-state index contributed by atoms with van der Waals surface area (Å²) < 4.78 is 0. The number of guanidine groups is 1. The Hall–Kier alpha value is -1.52. The lowest BCUT2D eigenvalue weighted by molar-refractivity contribution is -0.193. The van der Waals surface area contributed by atoms with E-state index in [1.54, 1.807) is 18.2 Å². The minimum atomic E-state index is -0.572. The van der Waals surface area contributed by atoms with Gasteiger partial charge in [0.15, 0.2) is 6.19 Å². The fraction of sp³-hybridized carbons (Fsp3) is 0.500. The average Bonchev–Trinajstić information content (AvgIpc) is 2.62. The highest BCUT2D eigenvalue weighted by atomic mass is 35.5. The van der Waals surface area contributed by atoms with Gasteiger partial charge in [0.1, 0.15) is 0 Å². The van der Waals surface area contributed by atoms with Crippen molar-refractivity contribution in [2.45, 2.75) is 51.2 Å². The van der Waals surface area contributed by atoms with Gasteiger partial charge in [-0.1, -0.05) is 23.2 Å². The van der Waals surface area contributed by atoms with Crippen molar-refractivity contribution in [3.63, 3.8) is 0 Å². The lowest BCUT2D eigenvalue weighted by Gasteiger charge is -2.35. The number of nitrogens with one attached hydrogen (secondary N) is 2. The van der Waals surface area contributed by atoms with Gasteiger partial charge in [0.05, 0.1) is 22.3 Å². The molecule has 0 saturated carbocycles. The van der Waals surface area contributed by atoms with Gasteiger partial charge in [-0.05, 0) is 52.3 Å². The predicted molar refractivity (Wildman–Crippen MR) is 96.5 cm³/mol. The van der Waals surface area contributed by atoms with E-state index in [1.807, 2.05) is 33.9 Å². The van der Waals surface area contributed by atoms with Crippen LogP contribution < -0.4 is 10.6 Å². The van der Waals surface area contributed by atoms with E-state index in [9.17, 15) is 5.21 Å². The molecule has 1 saturated heterocycles. The van der Waals surface area contributed by atoms with E-state index >= 15 is 0 Å². The summed E-state index contributed by atoms with van der Waals surface area (Å²) in [6.07, 6.45) is 2.51. The molecule has 2 rings (SSSR count). The molecule has 1 aliphatic rings. The number of nitrogens with zero attached hydrogens (tertiary/aromatic N) is 3. The second-order valence-corrected chi connectivity index (χ2v) is 7.81. The monoisotopic (exact) mass is 369 g/mol. The standard InChI is InChI=1S/C16H21Cl2N5O/c1-15(2)8-13(16(3,4)23(15)24)22-14(20-9-19)21-12-6-5-10(17)7-11(12)18/h5-7,13,24H,8H2,1-4H3,(H2,20,21,22). The van der Waals surface area contributed by atoms with Crippen LogP contribution in [0.4, 0.5) is 5.69 Å². The zero-order valence-electron chi connectivity index (χ0n) is 14.1. The third kappa shape index (κ3) is 3.76. The van der Waals surface area contributed by atoms with E-state index in [-0.39, 0.29) is 12.0 Å². The van der Waals surface area contributed by atoms with E-state index in [1.165, 1.54) is 5.06 Å². The van der Waals surface area contributed by atoms with E-state index in [0.717, 1.165) is 0 Å². The number of aliphatic imine (C=N–C) groups is 1. The molecular formula is C16H21Cl2N5O. The molecule has 8 heteroatoms. The molecule has 3 N–H and O–H groups in total. The van der Waals surface area contributed by atoms with Crippen molar-refractivity contribution >= 4 is 34.8 Å². The number of halogens is 2. The number of anilines is 1. The molecule has 1 atom stereocenters. The Morgan fingerprint density at radius 2 is 2.04 bits per heavy atom. The summed E-state index contributed by atoms with van der Waals surface area (Å²) in [5.41, 5.74) is -0.400. The topological polar surface area (TPSA) is 83.7 Å². The molecule has 0 amide bonds. The summed E-state index contributed by atoms with van der Waals surface area (Å²) in [4.78, 5) is 4.60. The zero-order valence-corrected chi connectivity index (χ0v) is 15.6. The number of benzene rings is 1. The third-order valence-electron chi connectivity index (χ3n) is 4.27. The summed E-state index contributed by atoms with van der Waals surface area (Å²) in [6.45, 7) is 7.72. The predicted octanol–water partition coefficient (Wildman–Crippen LogP) is 3.85. The highest BCUT2D eigenvalue weighted by Gasteiger charge is 2.51. The molecule has 1 aromatic rings. The minimum Gasteiger partial charge on any atom is -0.324 e. The molecule has 1 aliphatic heterocycles. The van der Waals surface area contributed by atoms with Crippen LogP contribution in [0.2, 0.25) is 10.0 Å². The first-order valence-electron chi connectivity index (χ1n) is 7.52. The molecule has 0 aromatic heterocycles. The third-order valence-corrected chi connectivity index (χ3v) is 4.82. The van der Waals surface area contributed by atoms with Crippen molar-refractivity contribution in [3.05, 3.63) is 28.2 Å². The van der Waals surface area contributed by atoms with Crippen LogP contribution >= 0.6 is 23.2 Å². The Kier molecular flexibility index (Phi) is 5.31. The van der Waals surface area contributed by atoms with Gasteiger partial charge in [0.2, 0.25) is 5.96 Å². The Morgan fingerprint density at radius 1 is 1.38 bits per heavy atom. The number of hydroxylamine groups is 2. The summed E-state index contributed by atoms with van der Waals surface area (Å²) >= 11 is 12.0. The number of hydrogen-bond donors (Lipinski definition) is 3. The van der Waals surface area contributed by atoms with Gasteiger partial charge in [0.25, 0.3) is 0 Å². The lowest BCUT2D eigenvalue weighted by atomic mass is 9.95. The maximum absolute atomic E-state index is 10.4. The van der Waals surface area contributed by atoms with Crippen molar-refractivity contribution in [2.24, 2.45) is 4.99 Å². The van der Waals surface area contributed by atoms with Gasteiger partial charge < -0.3 is 10.5 Å². The van der Waals surface area contributed by atoms with Crippen LogP contribution in [-0.4, -0.2) is 33.3 Å². The maximum atomic E-state index is 10.4.